The Morgan fingerprint density at radius 1 is 0.607 bits per heavy atom. The van der Waals surface area contributed by atoms with Crippen molar-refractivity contribution in [2.75, 3.05) is 75.8 Å². The van der Waals surface area contributed by atoms with Crippen molar-refractivity contribution in [3.63, 3.8) is 0 Å². The number of benzene rings is 4. The fourth-order valence-corrected chi connectivity index (χ4v) is 8.36. The molecule has 7 nitrogen and oxygen atoms in total. The Bertz CT molecular complexity index is 2230. The van der Waals surface area contributed by atoms with E-state index in [4.69, 9.17) is 19.4 Å². The van der Waals surface area contributed by atoms with E-state index in [0.717, 1.165) is 11.4 Å². The van der Waals surface area contributed by atoms with E-state index in [-0.39, 0.29) is 0 Å². The molecule has 2 saturated heterocycles. The van der Waals surface area contributed by atoms with Gasteiger partial charge in [-0.3, -0.25) is 14.8 Å². The summed E-state index contributed by atoms with van der Waals surface area (Å²) in [6, 6.07) is 23.4. The number of aromatic nitrogens is 2. The van der Waals surface area contributed by atoms with Crippen LogP contribution in [0.4, 0.5) is 28.9 Å². The number of anilines is 2. The van der Waals surface area contributed by atoms with E-state index in [0.29, 0.717) is 119 Å². The first kappa shape index (κ1) is 37.5. The van der Waals surface area contributed by atoms with Crippen LogP contribution in [0, 0.1) is 25.5 Å². The number of aryl methyl sites for hydroxylation is 2. The Morgan fingerprint density at radius 2 is 0.982 bits per heavy atom. The van der Waals surface area contributed by atoms with E-state index in [1.807, 2.05) is 36.4 Å². The zero-order valence-corrected chi connectivity index (χ0v) is 31.3. The smallest absolute Gasteiger partial charge is 0.153 e. The van der Waals surface area contributed by atoms with Crippen LogP contribution in [-0.2, 0) is 14.3 Å². The first-order valence-electron chi connectivity index (χ1n) is 19.0. The molecule has 0 spiro atoms. The van der Waals surface area contributed by atoms with Gasteiger partial charge in [0.1, 0.15) is 25.0 Å². The van der Waals surface area contributed by atoms with Gasteiger partial charge in [-0.05, 0) is 108 Å². The maximum Gasteiger partial charge on any atom is 0.153 e. The number of fused-ring (bicyclic) bond motifs is 2. The van der Waals surface area contributed by atoms with Crippen LogP contribution in [0.15, 0.2) is 84.9 Å². The van der Waals surface area contributed by atoms with Crippen LogP contribution in [0.3, 0.4) is 0 Å². The number of carbonyl (C=O) groups is 1. The molecule has 2 unspecified atom stereocenters. The van der Waals surface area contributed by atoms with Crippen LogP contribution in [0.5, 0.6) is 0 Å². The molecule has 0 N–H and O–H groups in total. The number of nitrogens with zero attached hydrogens (tertiary/aromatic N) is 4. The zero-order valence-electron chi connectivity index (χ0n) is 31.3. The van der Waals surface area contributed by atoms with Gasteiger partial charge in [0.2, 0.25) is 0 Å². The standard InChI is InChI=1S/C45H42F4N4O3/c1-27-41(43(29-3-7-31(48)8-4-29)35-23-33(11-13-39(35)50-27)52-15-19-55-20-16-52)37(25-46)45(54)38(26-47)42-28(2)51-40-14-12-34(53-17-21-56-22-18-53)24-36(40)44(42)30-5-9-32(49)10-6-30/h3-14,23-24,37-38H,15-22,25-26H2,1-2H3. The SMILES string of the molecule is Cc1nc2ccc(N3CCOCC3)cc2c(-c2ccc(F)cc2)c1C(CF)C(=O)C(CF)c1c(C)nc2ccc(N3CCOCC3)cc2c1-c1ccc(F)cc1. The summed E-state index contributed by atoms with van der Waals surface area (Å²) < 4.78 is 71.6. The summed E-state index contributed by atoms with van der Waals surface area (Å²) in [4.78, 5) is 29.2. The Morgan fingerprint density at radius 3 is 1.34 bits per heavy atom. The van der Waals surface area contributed by atoms with E-state index >= 15 is 13.6 Å². The predicted molar refractivity (Wildman–Crippen MR) is 212 cm³/mol. The minimum atomic E-state index is -1.43. The quantitative estimate of drug-likeness (QED) is 0.129. The second-order valence-corrected chi connectivity index (χ2v) is 14.4. The Kier molecular flexibility index (Phi) is 10.7. The highest BCUT2D eigenvalue weighted by Crippen LogP contribution is 2.44. The number of alkyl halides is 2. The molecule has 2 aliphatic heterocycles. The summed E-state index contributed by atoms with van der Waals surface area (Å²) in [5.41, 5.74) is 6.74. The third-order valence-electron chi connectivity index (χ3n) is 11.1. The molecule has 4 heterocycles. The fraction of sp³-hybridized carbons (Fsp3) is 0.311. The van der Waals surface area contributed by atoms with Gasteiger partial charge in [-0.2, -0.15) is 0 Å². The van der Waals surface area contributed by atoms with Crippen LogP contribution in [0.1, 0.15) is 34.4 Å². The third-order valence-corrected chi connectivity index (χ3v) is 11.1. The number of ketones is 1. The minimum absolute atomic E-state index is 0.318. The molecular weight excluding hydrogens is 721 g/mol. The number of hydrogen-bond donors (Lipinski definition) is 0. The van der Waals surface area contributed by atoms with Gasteiger partial charge in [-0.25, -0.2) is 17.6 Å². The van der Waals surface area contributed by atoms with Crippen molar-refractivity contribution >= 4 is 39.0 Å². The molecule has 0 radical (unpaired) electrons. The van der Waals surface area contributed by atoms with E-state index in [1.54, 1.807) is 38.1 Å². The maximum absolute atomic E-state index is 15.9. The van der Waals surface area contributed by atoms with Gasteiger partial charge < -0.3 is 19.3 Å². The molecule has 2 atom stereocenters. The van der Waals surface area contributed by atoms with E-state index < -0.39 is 42.6 Å². The number of Topliss-reactive ketones (excluding diaryl/α,β-unsaturated/α-hetero) is 1. The summed E-state index contributed by atoms with van der Waals surface area (Å²) in [7, 11) is 0. The molecule has 4 aromatic carbocycles. The summed E-state index contributed by atoms with van der Waals surface area (Å²) in [5, 5.41) is 1.32. The van der Waals surface area contributed by atoms with E-state index in [2.05, 4.69) is 9.80 Å². The van der Waals surface area contributed by atoms with Crippen molar-refractivity contribution in [2.24, 2.45) is 0 Å². The zero-order chi connectivity index (χ0) is 38.9. The van der Waals surface area contributed by atoms with Crippen LogP contribution in [0.25, 0.3) is 44.1 Å². The number of hydrogen-bond acceptors (Lipinski definition) is 7. The second-order valence-electron chi connectivity index (χ2n) is 14.4. The number of morpholine rings is 2. The summed E-state index contributed by atoms with van der Waals surface area (Å²) in [6.07, 6.45) is 0. The number of halogens is 4. The lowest BCUT2D eigenvalue weighted by atomic mass is 9.78. The maximum atomic E-state index is 15.9. The van der Waals surface area contributed by atoms with E-state index in [9.17, 15) is 8.78 Å². The molecule has 2 aromatic heterocycles. The molecule has 56 heavy (non-hydrogen) atoms. The van der Waals surface area contributed by atoms with Crippen molar-refractivity contribution < 1.29 is 31.8 Å². The van der Waals surface area contributed by atoms with Crippen molar-refractivity contribution in [1.82, 2.24) is 9.97 Å². The summed E-state index contributed by atoms with van der Waals surface area (Å²) >= 11 is 0. The number of carbonyl (C=O) groups excluding carboxylic acids is 1. The fourth-order valence-electron chi connectivity index (χ4n) is 8.36. The van der Waals surface area contributed by atoms with Crippen molar-refractivity contribution in [3.8, 4) is 22.3 Å². The molecule has 8 rings (SSSR count). The van der Waals surface area contributed by atoms with Gasteiger partial charge >= 0.3 is 0 Å². The van der Waals surface area contributed by atoms with Crippen molar-refractivity contribution in [2.45, 2.75) is 25.7 Å². The normalized spacial score (nSPS) is 16.0. The van der Waals surface area contributed by atoms with E-state index in [1.165, 1.54) is 24.3 Å². The molecule has 0 aliphatic carbocycles. The molecule has 0 saturated carbocycles. The third kappa shape index (κ3) is 7.10. The van der Waals surface area contributed by atoms with Crippen LogP contribution in [-0.4, -0.2) is 81.7 Å². The second kappa shape index (κ2) is 16.0. The van der Waals surface area contributed by atoms with Gasteiger partial charge in [0.25, 0.3) is 0 Å². The first-order valence-corrected chi connectivity index (χ1v) is 19.0. The average Bonchev–Trinajstić information content (AvgIpc) is 3.23. The first-order chi connectivity index (χ1) is 27.2. The number of pyridine rings is 2. The highest BCUT2D eigenvalue weighted by molar-refractivity contribution is 6.05. The molecule has 2 fully saturated rings. The highest BCUT2D eigenvalue weighted by Gasteiger charge is 2.36. The monoisotopic (exact) mass is 762 g/mol. The lowest BCUT2D eigenvalue weighted by molar-refractivity contribution is -0.122. The topological polar surface area (TPSA) is 67.8 Å². The molecule has 0 amide bonds. The van der Waals surface area contributed by atoms with Crippen molar-refractivity contribution in [1.29, 1.82) is 0 Å². The molecule has 0 bridgehead atoms. The molecule has 2 aliphatic rings. The predicted octanol–water partition coefficient (Wildman–Crippen LogP) is 9.06. The highest BCUT2D eigenvalue weighted by atomic mass is 19.1. The number of ether oxygens (including phenoxy) is 2. The molecular formula is C45H42F4N4O3. The average molecular weight is 763 g/mol. The molecule has 11 heteroatoms. The van der Waals surface area contributed by atoms with Crippen LogP contribution >= 0.6 is 0 Å². The Hall–Kier alpha value is -5.39. The van der Waals surface area contributed by atoms with Gasteiger partial charge in [0, 0.05) is 59.7 Å². The Labute approximate surface area is 322 Å². The van der Waals surface area contributed by atoms with Gasteiger partial charge in [-0.15, -0.1) is 0 Å². The van der Waals surface area contributed by atoms with Crippen LogP contribution in [0.2, 0.25) is 0 Å². The Balaban J connectivity index is 1.32. The van der Waals surface area contributed by atoms with Gasteiger partial charge in [0.05, 0.1) is 49.3 Å². The van der Waals surface area contributed by atoms with Crippen molar-refractivity contribution in [3.05, 3.63) is 119 Å². The number of rotatable bonds is 10. The van der Waals surface area contributed by atoms with Gasteiger partial charge in [-0.1, -0.05) is 24.3 Å². The summed E-state index contributed by atoms with van der Waals surface area (Å²) in [5.74, 6) is -4.44. The lowest BCUT2D eigenvalue weighted by Gasteiger charge is -2.30. The van der Waals surface area contributed by atoms with Crippen LogP contribution < -0.4 is 9.80 Å². The lowest BCUT2D eigenvalue weighted by Crippen LogP contribution is -2.36. The minimum Gasteiger partial charge on any atom is -0.378 e. The molecule has 288 valence electrons. The molecule has 6 aromatic rings. The summed E-state index contributed by atoms with van der Waals surface area (Å²) in [6.45, 7) is 6.17. The largest absolute Gasteiger partial charge is 0.378 e. The van der Waals surface area contributed by atoms with Gasteiger partial charge in [0.15, 0.2) is 5.78 Å².